The number of hydrogen-bond acceptors (Lipinski definition) is 9. The lowest BCUT2D eigenvalue weighted by Gasteiger charge is -2.18. The molecule has 0 saturated heterocycles. The van der Waals surface area contributed by atoms with Crippen LogP contribution >= 0.6 is 0 Å². The van der Waals surface area contributed by atoms with Crippen molar-refractivity contribution < 1.29 is 42.9 Å². The Bertz CT molecular complexity index is 717. The van der Waals surface area contributed by atoms with Gasteiger partial charge in [-0.1, -0.05) is 30.3 Å². The van der Waals surface area contributed by atoms with Gasteiger partial charge in [-0.15, -0.1) is 0 Å². The predicted molar refractivity (Wildman–Crippen MR) is 125 cm³/mol. The molecular formula is C24H36N2O9. The highest BCUT2D eigenvalue weighted by Gasteiger charge is 2.16. The van der Waals surface area contributed by atoms with E-state index < -0.39 is 18.3 Å². The molecule has 1 aromatic rings. The third-order valence-corrected chi connectivity index (χ3v) is 4.39. The van der Waals surface area contributed by atoms with Crippen LogP contribution in [0, 0.1) is 0 Å². The fourth-order valence-electron chi connectivity index (χ4n) is 2.68. The highest BCUT2D eigenvalue weighted by Crippen LogP contribution is 2.05. The van der Waals surface area contributed by atoms with Gasteiger partial charge in [0.25, 0.3) is 0 Å². The maximum absolute atomic E-state index is 11.9. The van der Waals surface area contributed by atoms with Gasteiger partial charge < -0.3 is 34.3 Å². The Morgan fingerprint density at radius 1 is 0.743 bits per heavy atom. The van der Waals surface area contributed by atoms with Crippen LogP contribution in [0.2, 0.25) is 0 Å². The summed E-state index contributed by atoms with van der Waals surface area (Å²) in [6.45, 7) is 4.52. The molecular weight excluding hydrogens is 460 g/mol. The minimum Gasteiger partial charge on any atom is -0.466 e. The largest absolute Gasteiger partial charge is 0.466 e. The summed E-state index contributed by atoms with van der Waals surface area (Å²) >= 11 is 0. The number of amides is 2. The topological polar surface area (TPSA) is 138 Å². The number of esters is 2. The SMILES string of the molecule is CCOC(=O)CCCNC(=O)OCC(COC(=O)NCCCC(=O)OCC)OCc1ccccc1. The van der Waals surface area contributed by atoms with Crippen LogP contribution in [0.25, 0.3) is 0 Å². The summed E-state index contributed by atoms with van der Waals surface area (Å²) in [6.07, 6.45) is -0.830. The standard InChI is InChI=1S/C24H36N2O9/c1-3-31-21(27)12-8-14-25-23(29)34-17-20(33-16-19-10-6-5-7-11-19)18-35-24(30)26-15-9-13-22(28)32-4-2/h5-7,10-11,20H,3-4,8-9,12-18H2,1-2H3,(H,25,29)(H,26,30). The Morgan fingerprint density at radius 2 is 1.23 bits per heavy atom. The number of nitrogens with one attached hydrogen (secondary N) is 2. The van der Waals surface area contributed by atoms with Gasteiger partial charge in [0, 0.05) is 25.9 Å². The maximum Gasteiger partial charge on any atom is 0.407 e. The second-order valence-corrected chi connectivity index (χ2v) is 7.29. The van der Waals surface area contributed by atoms with Gasteiger partial charge in [-0.05, 0) is 32.3 Å². The van der Waals surface area contributed by atoms with Crippen LogP contribution in [0.4, 0.5) is 9.59 Å². The molecule has 0 aromatic heterocycles. The number of carbonyl (C=O) groups excluding carboxylic acids is 4. The van der Waals surface area contributed by atoms with E-state index in [2.05, 4.69) is 10.6 Å². The highest BCUT2D eigenvalue weighted by molar-refractivity contribution is 5.70. The van der Waals surface area contributed by atoms with Crippen molar-refractivity contribution in [2.45, 2.75) is 52.2 Å². The highest BCUT2D eigenvalue weighted by atomic mass is 16.6. The molecule has 0 unspecified atom stereocenters. The van der Waals surface area contributed by atoms with E-state index in [4.69, 9.17) is 23.7 Å². The summed E-state index contributed by atoms with van der Waals surface area (Å²) < 4.78 is 25.8. The number of carbonyl (C=O) groups is 4. The first-order valence-electron chi connectivity index (χ1n) is 11.7. The minimum atomic E-state index is -0.703. The first-order valence-corrected chi connectivity index (χ1v) is 11.7. The van der Waals surface area contributed by atoms with Crippen molar-refractivity contribution in [3.05, 3.63) is 35.9 Å². The molecule has 0 fully saturated rings. The second-order valence-electron chi connectivity index (χ2n) is 7.29. The Kier molecular flexibility index (Phi) is 16.1. The van der Waals surface area contributed by atoms with Gasteiger partial charge in [-0.2, -0.15) is 0 Å². The molecule has 0 aliphatic carbocycles. The Labute approximate surface area is 205 Å². The van der Waals surface area contributed by atoms with Gasteiger partial charge in [0.1, 0.15) is 19.3 Å². The van der Waals surface area contributed by atoms with E-state index in [1.54, 1.807) is 13.8 Å². The molecule has 0 atom stereocenters. The summed E-state index contributed by atoms with van der Waals surface area (Å²) in [5.41, 5.74) is 0.907. The molecule has 1 rings (SSSR count). The Morgan fingerprint density at radius 3 is 1.69 bits per heavy atom. The quantitative estimate of drug-likeness (QED) is 0.189. The van der Waals surface area contributed by atoms with Gasteiger partial charge in [-0.3, -0.25) is 9.59 Å². The molecule has 0 saturated carbocycles. The van der Waals surface area contributed by atoms with Crippen LogP contribution in [-0.2, 0) is 39.9 Å². The van der Waals surface area contributed by atoms with Crippen LogP contribution in [0.5, 0.6) is 0 Å². The van der Waals surface area contributed by atoms with Gasteiger partial charge in [0.05, 0.1) is 19.8 Å². The molecule has 0 spiro atoms. The number of ether oxygens (including phenoxy) is 5. The van der Waals surface area contributed by atoms with Crippen molar-refractivity contribution in [2.24, 2.45) is 0 Å². The van der Waals surface area contributed by atoms with E-state index in [0.29, 0.717) is 26.1 Å². The zero-order chi connectivity index (χ0) is 25.7. The lowest BCUT2D eigenvalue weighted by molar-refractivity contribution is -0.144. The van der Waals surface area contributed by atoms with Crippen molar-refractivity contribution in [1.29, 1.82) is 0 Å². The van der Waals surface area contributed by atoms with Crippen LogP contribution < -0.4 is 10.6 Å². The van der Waals surface area contributed by atoms with Gasteiger partial charge in [0.2, 0.25) is 0 Å². The Hall–Kier alpha value is -3.34. The van der Waals surface area contributed by atoms with Crippen LogP contribution in [0.15, 0.2) is 30.3 Å². The minimum absolute atomic E-state index is 0.146. The van der Waals surface area contributed by atoms with E-state index in [9.17, 15) is 19.2 Å². The molecule has 35 heavy (non-hydrogen) atoms. The average molecular weight is 497 g/mol. The summed E-state index contributed by atoms with van der Waals surface area (Å²) in [6, 6.07) is 9.38. The zero-order valence-corrected chi connectivity index (χ0v) is 20.4. The molecule has 0 heterocycles. The van der Waals surface area contributed by atoms with Crippen molar-refractivity contribution in [1.82, 2.24) is 10.6 Å². The monoisotopic (exact) mass is 496 g/mol. The van der Waals surface area contributed by atoms with E-state index in [0.717, 1.165) is 5.56 Å². The molecule has 11 heteroatoms. The number of rotatable bonds is 17. The van der Waals surface area contributed by atoms with Crippen LogP contribution in [-0.4, -0.2) is 69.7 Å². The molecule has 0 radical (unpaired) electrons. The summed E-state index contributed by atoms with van der Waals surface area (Å²) in [7, 11) is 0. The normalized spacial score (nSPS) is 10.4. The fourth-order valence-corrected chi connectivity index (χ4v) is 2.68. The Balaban J connectivity index is 2.38. The van der Waals surface area contributed by atoms with E-state index in [-0.39, 0.29) is 57.7 Å². The summed E-state index contributed by atoms with van der Waals surface area (Å²) in [4.78, 5) is 46.5. The maximum atomic E-state index is 11.9. The number of benzene rings is 1. The van der Waals surface area contributed by atoms with Gasteiger partial charge in [-0.25, -0.2) is 9.59 Å². The lowest BCUT2D eigenvalue weighted by Crippen LogP contribution is -2.34. The summed E-state index contributed by atoms with van der Waals surface area (Å²) in [5.74, 6) is -0.651. The first-order chi connectivity index (χ1) is 16.9. The average Bonchev–Trinajstić information content (AvgIpc) is 2.85. The lowest BCUT2D eigenvalue weighted by atomic mass is 10.2. The van der Waals surface area contributed by atoms with Crippen molar-refractivity contribution in [3.63, 3.8) is 0 Å². The predicted octanol–water partition coefficient (Wildman–Crippen LogP) is 2.71. The molecule has 2 amide bonds. The molecule has 0 aliphatic heterocycles. The third kappa shape index (κ3) is 16.0. The fraction of sp³-hybridized carbons (Fsp3) is 0.583. The third-order valence-electron chi connectivity index (χ3n) is 4.39. The van der Waals surface area contributed by atoms with Gasteiger partial charge in [0.15, 0.2) is 0 Å². The zero-order valence-electron chi connectivity index (χ0n) is 20.4. The summed E-state index contributed by atoms with van der Waals surface area (Å²) in [5, 5.41) is 5.09. The van der Waals surface area contributed by atoms with E-state index in [1.807, 2.05) is 30.3 Å². The molecule has 2 N–H and O–H groups in total. The van der Waals surface area contributed by atoms with Gasteiger partial charge >= 0.3 is 24.1 Å². The number of alkyl carbamates (subject to hydrolysis) is 2. The molecule has 11 nitrogen and oxygen atoms in total. The molecule has 0 aliphatic rings. The van der Waals surface area contributed by atoms with E-state index in [1.165, 1.54) is 0 Å². The first kappa shape index (κ1) is 29.7. The molecule has 1 aromatic carbocycles. The molecule has 0 bridgehead atoms. The van der Waals surface area contributed by atoms with Crippen molar-refractivity contribution >= 4 is 24.1 Å². The number of hydrogen-bond donors (Lipinski definition) is 2. The van der Waals surface area contributed by atoms with Crippen LogP contribution in [0.3, 0.4) is 0 Å². The second kappa shape index (κ2) is 19.0. The van der Waals surface area contributed by atoms with Crippen molar-refractivity contribution in [3.8, 4) is 0 Å². The van der Waals surface area contributed by atoms with Crippen LogP contribution in [0.1, 0.15) is 45.1 Å². The molecule has 196 valence electrons. The van der Waals surface area contributed by atoms with E-state index >= 15 is 0 Å². The smallest absolute Gasteiger partial charge is 0.407 e. The van der Waals surface area contributed by atoms with Crippen molar-refractivity contribution in [2.75, 3.05) is 39.5 Å².